The van der Waals surface area contributed by atoms with E-state index in [4.69, 9.17) is 18.9 Å². The summed E-state index contributed by atoms with van der Waals surface area (Å²) >= 11 is 0. The van der Waals surface area contributed by atoms with Crippen LogP contribution in [0, 0.1) is 11.3 Å². The van der Waals surface area contributed by atoms with Gasteiger partial charge in [-0.25, -0.2) is 4.57 Å². The Morgan fingerprint density at radius 2 is 2.06 bits per heavy atom. The van der Waals surface area contributed by atoms with Gasteiger partial charge in [0.15, 0.2) is 0 Å². The minimum Gasteiger partial charge on any atom is -0.485 e. The molecule has 2 unspecified atom stereocenters. The predicted octanol–water partition coefficient (Wildman–Crippen LogP) is 3.45. The maximum Gasteiger partial charge on any atom is 0.472 e. The van der Waals surface area contributed by atoms with Crippen molar-refractivity contribution in [3.8, 4) is 11.8 Å². The molecule has 1 saturated heterocycles. The monoisotopic (exact) mass is 466 g/mol. The maximum atomic E-state index is 12.8. The van der Waals surface area contributed by atoms with Gasteiger partial charge in [-0.15, -0.1) is 0 Å². The first-order valence-corrected chi connectivity index (χ1v) is 12.5. The topological polar surface area (TPSA) is 129 Å². The van der Waals surface area contributed by atoms with E-state index < -0.39 is 25.6 Å². The third-order valence-electron chi connectivity index (χ3n) is 5.80. The molecule has 176 valence electrons. The van der Waals surface area contributed by atoms with Gasteiger partial charge in [-0.3, -0.25) is 13.8 Å². The van der Waals surface area contributed by atoms with Gasteiger partial charge < -0.3 is 19.6 Å². The van der Waals surface area contributed by atoms with Crippen LogP contribution in [-0.2, 0) is 18.4 Å². The van der Waals surface area contributed by atoms with E-state index in [0.717, 1.165) is 12.8 Å². The number of amides is 1. The number of nitriles is 1. The quantitative estimate of drug-likeness (QED) is 0.396. The zero-order valence-corrected chi connectivity index (χ0v) is 19.4. The second kappa shape index (κ2) is 10.3. The number of carbonyl (C=O) groups excluding carboxylic acids is 1. The molecule has 0 radical (unpaired) electrons. The summed E-state index contributed by atoms with van der Waals surface area (Å²) in [4.78, 5) is 24.7. The van der Waals surface area contributed by atoms with Gasteiger partial charge in [0, 0.05) is 25.1 Å². The third kappa shape index (κ3) is 5.69. The van der Waals surface area contributed by atoms with Gasteiger partial charge >= 0.3 is 7.82 Å². The second-order valence-electron chi connectivity index (χ2n) is 8.67. The molecular weight excluding hydrogens is 435 g/mol. The lowest BCUT2D eigenvalue weighted by atomic mass is 9.85. The van der Waals surface area contributed by atoms with Crippen LogP contribution in [0.2, 0.25) is 0 Å². The predicted molar refractivity (Wildman–Crippen MR) is 116 cm³/mol. The lowest BCUT2D eigenvalue weighted by Gasteiger charge is -2.47. The molecule has 2 N–H and O–H groups in total. The van der Waals surface area contributed by atoms with Crippen LogP contribution >= 0.6 is 7.82 Å². The molecule has 2 heterocycles. The zero-order valence-electron chi connectivity index (χ0n) is 18.5. The number of aliphatic hydroxyl groups excluding tert-OH is 1. The molecule has 1 aromatic rings. The number of unbranched alkanes of at least 4 members (excludes halogenated alkanes) is 3. The molecule has 1 amide bonds. The smallest absolute Gasteiger partial charge is 0.472 e. The van der Waals surface area contributed by atoms with Crippen LogP contribution in [0.3, 0.4) is 0 Å². The van der Waals surface area contributed by atoms with E-state index in [1.54, 1.807) is 36.9 Å². The van der Waals surface area contributed by atoms with Crippen molar-refractivity contribution in [2.24, 2.45) is 0 Å². The van der Waals surface area contributed by atoms with Crippen molar-refractivity contribution in [1.82, 2.24) is 4.90 Å². The number of hydrogen-bond acceptors (Lipinski definition) is 7. The lowest BCUT2D eigenvalue weighted by molar-refractivity contribution is -0.139. The molecule has 3 rings (SSSR count). The number of likely N-dealkylation sites (tertiary alicyclic amines) is 1. The van der Waals surface area contributed by atoms with Crippen molar-refractivity contribution in [1.29, 1.82) is 5.26 Å². The van der Waals surface area contributed by atoms with Crippen molar-refractivity contribution in [3.05, 3.63) is 29.3 Å². The molecule has 10 heteroatoms. The Hall–Kier alpha value is -1.95. The Balaban J connectivity index is 1.85. The van der Waals surface area contributed by atoms with Crippen molar-refractivity contribution < 1.29 is 33.1 Å². The summed E-state index contributed by atoms with van der Waals surface area (Å²) in [5, 5.41) is 18.2. The number of nitrogens with zero attached hydrogens (tertiary/aromatic N) is 2. The summed E-state index contributed by atoms with van der Waals surface area (Å²) < 4.78 is 29.7. The van der Waals surface area contributed by atoms with E-state index in [1.807, 2.05) is 0 Å². The summed E-state index contributed by atoms with van der Waals surface area (Å²) in [6, 6.07) is 6.36. The van der Waals surface area contributed by atoms with Crippen molar-refractivity contribution in [2.75, 3.05) is 19.8 Å². The SMILES string of the molecule is CC1(C)Oc2ccc(C#N)cc2C(N2CCCC2=O)[C@@H]1OP(=O)(O)OCCCCCCO. The van der Waals surface area contributed by atoms with Gasteiger partial charge in [0.05, 0.1) is 24.3 Å². The number of phosphoric acid groups is 1. The summed E-state index contributed by atoms with van der Waals surface area (Å²) in [5.74, 6) is 0.434. The average Bonchev–Trinajstić information content (AvgIpc) is 3.16. The molecule has 0 bridgehead atoms. The first-order chi connectivity index (χ1) is 15.2. The van der Waals surface area contributed by atoms with Crippen LogP contribution in [0.15, 0.2) is 18.2 Å². The number of hydrogen-bond donors (Lipinski definition) is 2. The number of benzene rings is 1. The Morgan fingerprint density at radius 3 is 2.72 bits per heavy atom. The van der Waals surface area contributed by atoms with Crippen LogP contribution in [0.5, 0.6) is 5.75 Å². The molecule has 2 aliphatic heterocycles. The molecule has 1 aromatic carbocycles. The molecule has 3 atom stereocenters. The van der Waals surface area contributed by atoms with Gasteiger partial charge in [-0.2, -0.15) is 5.26 Å². The van der Waals surface area contributed by atoms with E-state index in [9.17, 15) is 19.5 Å². The van der Waals surface area contributed by atoms with Crippen LogP contribution in [-0.4, -0.2) is 52.3 Å². The fourth-order valence-electron chi connectivity index (χ4n) is 4.23. The molecule has 1 fully saturated rings. The molecule has 0 spiro atoms. The van der Waals surface area contributed by atoms with E-state index in [1.165, 1.54) is 0 Å². The fourth-order valence-corrected chi connectivity index (χ4v) is 5.30. The van der Waals surface area contributed by atoms with Crippen molar-refractivity contribution in [2.45, 2.75) is 70.1 Å². The standard InChI is InChI=1S/C22H31N2O7P/c1-22(2)21(31-32(27,28)29-13-6-4-3-5-12-25)20(24-11-7-8-19(24)26)17-14-16(15-23)9-10-18(17)30-22/h9-10,14,20-21,25H,3-8,11-13H2,1-2H3,(H,27,28)/t20?,21-/m0/s1. The minimum absolute atomic E-state index is 0.0374. The van der Waals surface area contributed by atoms with E-state index >= 15 is 0 Å². The van der Waals surface area contributed by atoms with E-state index in [2.05, 4.69) is 6.07 Å². The van der Waals surface area contributed by atoms with Gasteiger partial charge in [0.25, 0.3) is 0 Å². The Bertz CT molecular complexity index is 914. The second-order valence-corrected chi connectivity index (χ2v) is 10.1. The van der Waals surface area contributed by atoms with Crippen LogP contribution < -0.4 is 4.74 Å². The summed E-state index contributed by atoms with van der Waals surface area (Å²) in [5.41, 5.74) is -0.0706. The largest absolute Gasteiger partial charge is 0.485 e. The van der Waals surface area contributed by atoms with Crippen LogP contribution in [0.25, 0.3) is 0 Å². The lowest BCUT2D eigenvalue weighted by Crippen LogP contribution is -2.54. The summed E-state index contributed by atoms with van der Waals surface area (Å²) in [6.45, 7) is 4.11. The Morgan fingerprint density at radius 1 is 1.31 bits per heavy atom. The van der Waals surface area contributed by atoms with Crippen LogP contribution in [0.4, 0.5) is 0 Å². The highest BCUT2D eigenvalue weighted by Crippen LogP contribution is 2.53. The molecule has 0 aromatic heterocycles. The average molecular weight is 466 g/mol. The van der Waals surface area contributed by atoms with E-state index in [-0.39, 0.29) is 19.1 Å². The molecule has 2 aliphatic rings. The summed E-state index contributed by atoms with van der Waals surface area (Å²) in [6.07, 6.45) is 2.87. The number of phosphoric ester groups is 1. The molecule has 32 heavy (non-hydrogen) atoms. The first kappa shape index (κ1) is 24.7. The van der Waals surface area contributed by atoms with Gasteiger partial charge in [-0.05, 0) is 51.3 Å². The Labute approximate surface area is 188 Å². The summed E-state index contributed by atoms with van der Waals surface area (Å²) in [7, 11) is -4.46. The number of aliphatic hydroxyl groups is 1. The third-order valence-corrected chi connectivity index (χ3v) is 6.80. The number of carbonyl (C=O) groups is 1. The zero-order chi connectivity index (χ0) is 23.4. The first-order valence-electron chi connectivity index (χ1n) is 11.0. The van der Waals surface area contributed by atoms with Crippen molar-refractivity contribution >= 4 is 13.7 Å². The van der Waals surface area contributed by atoms with Crippen molar-refractivity contribution in [3.63, 3.8) is 0 Å². The van der Waals surface area contributed by atoms with Gasteiger partial charge in [0.1, 0.15) is 17.5 Å². The molecule has 9 nitrogen and oxygen atoms in total. The molecule has 0 saturated carbocycles. The number of rotatable bonds is 10. The van der Waals surface area contributed by atoms with Gasteiger partial charge in [0.2, 0.25) is 5.91 Å². The Kier molecular flexibility index (Phi) is 7.97. The number of fused-ring (bicyclic) bond motifs is 1. The van der Waals surface area contributed by atoms with Crippen LogP contribution in [0.1, 0.15) is 69.5 Å². The fraction of sp³-hybridized carbons (Fsp3) is 0.636. The van der Waals surface area contributed by atoms with E-state index in [0.29, 0.717) is 49.1 Å². The normalized spacial score (nSPS) is 23.8. The highest BCUT2D eigenvalue weighted by atomic mass is 31.2. The van der Waals surface area contributed by atoms with Gasteiger partial charge in [-0.1, -0.05) is 12.8 Å². The molecule has 0 aliphatic carbocycles. The maximum absolute atomic E-state index is 12.8. The highest BCUT2D eigenvalue weighted by Gasteiger charge is 2.52. The molecular formula is C22H31N2O7P. The minimum atomic E-state index is -4.46. The highest BCUT2D eigenvalue weighted by molar-refractivity contribution is 7.47. The number of ether oxygens (including phenoxy) is 1.